The fourth-order valence-electron chi connectivity index (χ4n) is 4.24. The summed E-state index contributed by atoms with van der Waals surface area (Å²) in [6.45, 7) is 2.29. The van der Waals surface area contributed by atoms with Crippen LogP contribution in [-0.2, 0) is 9.53 Å². The number of aliphatic carboxylic acids is 1. The van der Waals surface area contributed by atoms with Crippen LogP contribution in [0.5, 0.6) is 0 Å². The second-order valence-corrected chi connectivity index (χ2v) is 6.55. The summed E-state index contributed by atoms with van der Waals surface area (Å²) in [5, 5.41) is 9.27. The Morgan fingerprint density at radius 3 is 2.48 bits per heavy atom. The van der Waals surface area contributed by atoms with Crippen molar-refractivity contribution >= 4 is 12.0 Å². The van der Waals surface area contributed by atoms with Crippen LogP contribution in [-0.4, -0.2) is 65.8 Å². The molecule has 0 aromatic rings. The van der Waals surface area contributed by atoms with E-state index in [0.717, 1.165) is 45.4 Å². The van der Waals surface area contributed by atoms with Gasteiger partial charge in [0.15, 0.2) is 0 Å². The van der Waals surface area contributed by atoms with Crippen molar-refractivity contribution in [3.05, 3.63) is 0 Å². The summed E-state index contributed by atoms with van der Waals surface area (Å²) >= 11 is 0. The Morgan fingerprint density at radius 2 is 1.90 bits per heavy atom. The minimum atomic E-state index is -0.751. The van der Waals surface area contributed by atoms with Crippen molar-refractivity contribution in [2.45, 2.75) is 44.2 Å². The number of methoxy groups -OCH3 is 1. The highest BCUT2D eigenvalue weighted by Gasteiger charge is 2.52. The van der Waals surface area contributed by atoms with Crippen LogP contribution in [0.25, 0.3) is 0 Å². The van der Waals surface area contributed by atoms with Crippen LogP contribution in [0.15, 0.2) is 0 Å². The molecule has 3 atom stereocenters. The fraction of sp³-hybridized carbons (Fsp3) is 0.867. The molecule has 3 saturated heterocycles. The molecule has 0 aliphatic carbocycles. The summed E-state index contributed by atoms with van der Waals surface area (Å²) in [5.74, 6) is -0.571. The lowest BCUT2D eigenvalue weighted by Gasteiger charge is -2.36. The van der Waals surface area contributed by atoms with Gasteiger partial charge in [0.25, 0.3) is 0 Å². The van der Waals surface area contributed by atoms with Crippen molar-refractivity contribution in [2.24, 2.45) is 11.8 Å². The van der Waals surface area contributed by atoms with Crippen LogP contribution in [0.1, 0.15) is 32.1 Å². The molecule has 3 fully saturated rings. The Balaban J connectivity index is 1.61. The van der Waals surface area contributed by atoms with Crippen molar-refractivity contribution in [2.75, 3.05) is 26.8 Å². The number of carboxylic acid groups (broad SMARTS) is 1. The molecule has 0 aromatic carbocycles. The number of carbonyl (C=O) groups excluding carboxylic acids is 1. The van der Waals surface area contributed by atoms with E-state index in [0.29, 0.717) is 12.3 Å². The number of rotatable bonds is 3. The van der Waals surface area contributed by atoms with Gasteiger partial charge >= 0.3 is 12.0 Å². The number of carbonyl (C=O) groups is 2. The molecule has 21 heavy (non-hydrogen) atoms. The second kappa shape index (κ2) is 5.83. The van der Waals surface area contributed by atoms with Crippen molar-refractivity contribution in [3.63, 3.8) is 0 Å². The zero-order valence-corrected chi connectivity index (χ0v) is 12.5. The van der Waals surface area contributed by atoms with Gasteiger partial charge in [-0.1, -0.05) is 0 Å². The van der Waals surface area contributed by atoms with E-state index < -0.39 is 5.97 Å². The highest BCUT2D eigenvalue weighted by Crippen LogP contribution is 2.42. The zero-order chi connectivity index (χ0) is 15.0. The first-order valence-corrected chi connectivity index (χ1v) is 7.90. The van der Waals surface area contributed by atoms with Crippen LogP contribution in [0.3, 0.4) is 0 Å². The largest absolute Gasteiger partial charge is 0.481 e. The topological polar surface area (TPSA) is 70.1 Å². The van der Waals surface area contributed by atoms with Gasteiger partial charge in [0, 0.05) is 38.9 Å². The van der Waals surface area contributed by atoms with Crippen LogP contribution in [0, 0.1) is 11.8 Å². The molecule has 2 bridgehead atoms. The van der Waals surface area contributed by atoms with E-state index in [1.165, 1.54) is 0 Å². The van der Waals surface area contributed by atoms with Crippen molar-refractivity contribution in [1.29, 1.82) is 0 Å². The number of hydrogen-bond acceptors (Lipinski definition) is 3. The van der Waals surface area contributed by atoms with Gasteiger partial charge in [-0.2, -0.15) is 0 Å². The summed E-state index contributed by atoms with van der Waals surface area (Å²) in [7, 11) is 1.71. The van der Waals surface area contributed by atoms with E-state index in [1.54, 1.807) is 7.11 Å². The van der Waals surface area contributed by atoms with Gasteiger partial charge in [0.1, 0.15) is 0 Å². The molecule has 3 rings (SSSR count). The quantitative estimate of drug-likeness (QED) is 0.854. The molecule has 0 saturated carbocycles. The molecule has 2 amide bonds. The van der Waals surface area contributed by atoms with E-state index in [4.69, 9.17) is 4.74 Å². The third-order valence-corrected chi connectivity index (χ3v) is 5.36. The van der Waals surface area contributed by atoms with Crippen molar-refractivity contribution < 1.29 is 19.4 Å². The Hall–Kier alpha value is -1.30. The fourth-order valence-corrected chi connectivity index (χ4v) is 4.24. The number of ether oxygens (including phenoxy) is 1. The van der Waals surface area contributed by atoms with Gasteiger partial charge < -0.3 is 19.6 Å². The van der Waals surface area contributed by atoms with E-state index in [-0.39, 0.29) is 24.0 Å². The smallest absolute Gasteiger partial charge is 0.320 e. The summed E-state index contributed by atoms with van der Waals surface area (Å²) in [4.78, 5) is 27.8. The van der Waals surface area contributed by atoms with Crippen LogP contribution >= 0.6 is 0 Å². The average Bonchev–Trinajstić information content (AvgIpc) is 3.05. The number of piperidine rings is 1. The maximum Gasteiger partial charge on any atom is 0.320 e. The Labute approximate surface area is 125 Å². The SMILES string of the molecule is COCC1CCN(C(=O)N2C3CCC2C(C(=O)O)C3)CC1. The first kappa shape index (κ1) is 14.6. The lowest BCUT2D eigenvalue weighted by Crippen LogP contribution is -2.49. The highest BCUT2D eigenvalue weighted by atomic mass is 16.5. The van der Waals surface area contributed by atoms with Crippen LogP contribution in [0.4, 0.5) is 4.79 Å². The first-order chi connectivity index (χ1) is 10.1. The molecule has 0 aromatic heterocycles. The molecule has 3 aliphatic heterocycles. The van der Waals surface area contributed by atoms with Crippen molar-refractivity contribution in [3.8, 4) is 0 Å². The molecule has 0 radical (unpaired) electrons. The normalized spacial score (nSPS) is 32.7. The van der Waals surface area contributed by atoms with Crippen LogP contribution < -0.4 is 0 Å². The van der Waals surface area contributed by atoms with Gasteiger partial charge in [-0.05, 0) is 38.0 Å². The summed E-state index contributed by atoms with van der Waals surface area (Å²) in [6, 6.07) is 0.110. The minimum absolute atomic E-state index is 0.0575. The zero-order valence-electron chi connectivity index (χ0n) is 12.5. The van der Waals surface area contributed by atoms with Crippen LogP contribution in [0.2, 0.25) is 0 Å². The average molecular weight is 296 g/mol. The lowest BCUT2D eigenvalue weighted by atomic mass is 9.89. The predicted molar refractivity (Wildman–Crippen MR) is 76.0 cm³/mol. The Bertz CT molecular complexity index is 420. The third-order valence-electron chi connectivity index (χ3n) is 5.36. The second-order valence-electron chi connectivity index (χ2n) is 6.55. The third kappa shape index (κ3) is 2.61. The standard InChI is InChI=1S/C15H24N2O4/c1-21-9-10-4-6-16(7-5-10)15(20)17-11-2-3-13(17)12(8-11)14(18)19/h10-13H,2-9H2,1H3,(H,18,19). The van der Waals surface area contributed by atoms with E-state index in [1.807, 2.05) is 9.80 Å². The predicted octanol–water partition coefficient (Wildman–Crippen LogP) is 1.40. The maximum atomic E-state index is 12.7. The lowest BCUT2D eigenvalue weighted by molar-refractivity contribution is -0.142. The maximum absolute atomic E-state index is 12.7. The number of nitrogens with zero attached hydrogens (tertiary/aromatic N) is 2. The number of likely N-dealkylation sites (tertiary alicyclic amines) is 1. The van der Waals surface area contributed by atoms with Gasteiger partial charge in [-0.25, -0.2) is 4.79 Å². The Morgan fingerprint density at radius 1 is 1.19 bits per heavy atom. The number of carboxylic acids is 1. The van der Waals surface area contributed by atoms with E-state index in [9.17, 15) is 14.7 Å². The van der Waals surface area contributed by atoms with Gasteiger partial charge in [0.2, 0.25) is 0 Å². The molecule has 3 heterocycles. The van der Waals surface area contributed by atoms with E-state index in [2.05, 4.69) is 0 Å². The summed E-state index contributed by atoms with van der Waals surface area (Å²) in [6.07, 6.45) is 4.38. The number of amides is 2. The Kier molecular flexibility index (Phi) is 4.06. The summed E-state index contributed by atoms with van der Waals surface area (Å²) < 4.78 is 5.18. The molecular weight excluding hydrogens is 272 g/mol. The molecule has 6 heteroatoms. The van der Waals surface area contributed by atoms with Gasteiger partial charge in [-0.3, -0.25) is 4.79 Å². The van der Waals surface area contributed by atoms with Crippen molar-refractivity contribution in [1.82, 2.24) is 9.80 Å². The molecular formula is C15H24N2O4. The molecule has 118 valence electrons. The van der Waals surface area contributed by atoms with Gasteiger partial charge in [0.05, 0.1) is 5.92 Å². The monoisotopic (exact) mass is 296 g/mol. The molecule has 3 aliphatic rings. The van der Waals surface area contributed by atoms with E-state index >= 15 is 0 Å². The number of urea groups is 1. The van der Waals surface area contributed by atoms with Gasteiger partial charge in [-0.15, -0.1) is 0 Å². The highest BCUT2D eigenvalue weighted by molar-refractivity contribution is 5.79. The first-order valence-electron chi connectivity index (χ1n) is 7.90. The minimum Gasteiger partial charge on any atom is -0.481 e. The number of fused-ring (bicyclic) bond motifs is 2. The molecule has 1 N–H and O–H groups in total. The molecule has 6 nitrogen and oxygen atoms in total. The molecule has 0 spiro atoms. The number of hydrogen-bond donors (Lipinski definition) is 1. The summed E-state index contributed by atoms with van der Waals surface area (Å²) in [5.41, 5.74) is 0. The molecule has 3 unspecified atom stereocenters.